The average molecular weight is 312 g/mol. The van der Waals surface area contributed by atoms with Gasteiger partial charge in [-0.05, 0) is 50.4 Å². The highest BCUT2D eigenvalue weighted by molar-refractivity contribution is 9.10. The van der Waals surface area contributed by atoms with Gasteiger partial charge < -0.3 is 10.4 Å². The van der Waals surface area contributed by atoms with Crippen LogP contribution in [0.15, 0.2) is 28.7 Å². The summed E-state index contributed by atoms with van der Waals surface area (Å²) in [6.45, 7) is 3.04. The fraction of sp³-hybridized carbons (Fsp3) is 0.600. The van der Waals surface area contributed by atoms with E-state index in [-0.39, 0.29) is 0 Å². The molecule has 1 saturated heterocycles. The SMILES string of the molecule is CC(O)(Cc1cccc(Br)c1)CC1CCCCN1. The fourth-order valence-corrected chi connectivity index (χ4v) is 3.23. The minimum absolute atomic E-state index is 0.473. The maximum absolute atomic E-state index is 10.6. The van der Waals surface area contributed by atoms with Gasteiger partial charge in [0.2, 0.25) is 0 Å². The van der Waals surface area contributed by atoms with Crippen molar-refractivity contribution in [1.82, 2.24) is 5.32 Å². The van der Waals surface area contributed by atoms with E-state index in [1.54, 1.807) is 0 Å². The molecule has 18 heavy (non-hydrogen) atoms. The summed E-state index contributed by atoms with van der Waals surface area (Å²) in [5, 5.41) is 14.1. The highest BCUT2D eigenvalue weighted by atomic mass is 79.9. The Bertz CT molecular complexity index is 386. The lowest BCUT2D eigenvalue weighted by Gasteiger charge is -2.31. The van der Waals surface area contributed by atoms with E-state index in [0.717, 1.165) is 17.4 Å². The van der Waals surface area contributed by atoms with Gasteiger partial charge in [-0.25, -0.2) is 0 Å². The predicted octanol–water partition coefficient (Wildman–Crippen LogP) is 3.27. The highest BCUT2D eigenvalue weighted by Crippen LogP contribution is 2.23. The molecular formula is C15H22BrNO. The summed E-state index contributed by atoms with van der Waals surface area (Å²) < 4.78 is 1.08. The summed E-state index contributed by atoms with van der Waals surface area (Å²) in [5.74, 6) is 0. The molecule has 0 amide bonds. The first-order valence-electron chi connectivity index (χ1n) is 6.75. The standard InChI is InChI=1S/C15H22BrNO/c1-15(18,11-14-7-2-3-8-17-14)10-12-5-4-6-13(16)9-12/h4-6,9,14,17-18H,2-3,7-8,10-11H2,1H3. The van der Waals surface area contributed by atoms with Crippen LogP contribution in [0.5, 0.6) is 0 Å². The normalized spacial score (nSPS) is 23.6. The lowest BCUT2D eigenvalue weighted by atomic mass is 9.87. The van der Waals surface area contributed by atoms with Crippen molar-refractivity contribution in [2.24, 2.45) is 0 Å². The number of piperidine rings is 1. The molecule has 1 aromatic rings. The maximum atomic E-state index is 10.6. The van der Waals surface area contributed by atoms with Crippen LogP contribution in [0.25, 0.3) is 0 Å². The van der Waals surface area contributed by atoms with Gasteiger partial charge in [0.1, 0.15) is 0 Å². The van der Waals surface area contributed by atoms with Gasteiger partial charge in [-0.1, -0.05) is 34.5 Å². The quantitative estimate of drug-likeness (QED) is 0.894. The third-order valence-electron chi connectivity index (χ3n) is 3.57. The van der Waals surface area contributed by atoms with E-state index < -0.39 is 5.60 Å². The molecule has 0 aliphatic carbocycles. The van der Waals surface area contributed by atoms with Crippen LogP contribution in [0, 0.1) is 0 Å². The zero-order valence-corrected chi connectivity index (χ0v) is 12.5. The molecule has 2 atom stereocenters. The van der Waals surface area contributed by atoms with Gasteiger partial charge in [0.25, 0.3) is 0 Å². The summed E-state index contributed by atoms with van der Waals surface area (Å²) in [5.41, 5.74) is 0.556. The van der Waals surface area contributed by atoms with Gasteiger partial charge in [-0.3, -0.25) is 0 Å². The van der Waals surface area contributed by atoms with Crippen LogP contribution in [0.3, 0.4) is 0 Å². The van der Waals surface area contributed by atoms with Gasteiger partial charge in [-0.15, -0.1) is 0 Å². The molecular weight excluding hydrogens is 290 g/mol. The van der Waals surface area contributed by atoms with Crippen molar-refractivity contribution in [2.45, 2.75) is 50.7 Å². The van der Waals surface area contributed by atoms with Crippen LogP contribution >= 0.6 is 15.9 Å². The van der Waals surface area contributed by atoms with E-state index in [1.807, 2.05) is 19.1 Å². The molecule has 2 unspecified atom stereocenters. The average Bonchev–Trinajstić information content (AvgIpc) is 2.28. The zero-order chi connectivity index (χ0) is 13.0. The first-order chi connectivity index (χ1) is 8.55. The Morgan fingerprint density at radius 2 is 2.28 bits per heavy atom. The third kappa shape index (κ3) is 4.38. The number of hydrogen-bond acceptors (Lipinski definition) is 2. The first kappa shape index (κ1) is 14.0. The molecule has 0 spiro atoms. The van der Waals surface area contributed by atoms with Crippen LogP contribution in [0.4, 0.5) is 0 Å². The van der Waals surface area contributed by atoms with Gasteiger partial charge in [0.05, 0.1) is 5.60 Å². The summed E-state index contributed by atoms with van der Waals surface area (Å²) in [4.78, 5) is 0. The Morgan fingerprint density at radius 1 is 1.44 bits per heavy atom. The molecule has 1 fully saturated rings. The molecule has 0 aromatic heterocycles. The van der Waals surface area contributed by atoms with Crippen molar-refractivity contribution in [3.05, 3.63) is 34.3 Å². The largest absolute Gasteiger partial charge is 0.390 e. The Hall–Kier alpha value is -0.380. The van der Waals surface area contributed by atoms with Gasteiger partial charge in [-0.2, -0.15) is 0 Å². The van der Waals surface area contributed by atoms with Crippen LogP contribution < -0.4 is 5.32 Å². The van der Waals surface area contributed by atoms with E-state index in [1.165, 1.54) is 24.8 Å². The van der Waals surface area contributed by atoms with E-state index in [9.17, 15) is 5.11 Å². The topological polar surface area (TPSA) is 32.3 Å². The van der Waals surface area contributed by atoms with Crippen molar-refractivity contribution < 1.29 is 5.11 Å². The molecule has 2 N–H and O–H groups in total. The van der Waals surface area contributed by atoms with E-state index >= 15 is 0 Å². The lowest BCUT2D eigenvalue weighted by Crippen LogP contribution is -2.41. The Labute approximate surface area is 118 Å². The Morgan fingerprint density at radius 3 is 2.94 bits per heavy atom. The van der Waals surface area contributed by atoms with Crippen LogP contribution in [0.1, 0.15) is 38.2 Å². The zero-order valence-electron chi connectivity index (χ0n) is 11.0. The number of rotatable bonds is 4. The first-order valence-corrected chi connectivity index (χ1v) is 7.55. The number of halogens is 1. The van der Waals surface area contributed by atoms with Gasteiger partial charge in [0, 0.05) is 16.9 Å². The molecule has 3 heteroatoms. The molecule has 1 aromatic carbocycles. The van der Waals surface area contributed by atoms with Gasteiger partial charge in [0.15, 0.2) is 0 Å². The fourth-order valence-electron chi connectivity index (χ4n) is 2.79. The minimum Gasteiger partial charge on any atom is -0.390 e. The second-order valence-electron chi connectivity index (χ2n) is 5.65. The molecule has 2 rings (SSSR count). The summed E-state index contributed by atoms with van der Waals surface area (Å²) >= 11 is 3.47. The predicted molar refractivity (Wildman–Crippen MR) is 78.7 cm³/mol. The smallest absolute Gasteiger partial charge is 0.0674 e. The second-order valence-corrected chi connectivity index (χ2v) is 6.57. The van der Waals surface area contributed by atoms with E-state index in [2.05, 4.69) is 33.4 Å². The second kappa shape index (κ2) is 6.18. The van der Waals surface area contributed by atoms with Gasteiger partial charge >= 0.3 is 0 Å². The summed E-state index contributed by atoms with van der Waals surface area (Å²) in [6.07, 6.45) is 5.29. The highest BCUT2D eigenvalue weighted by Gasteiger charge is 2.26. The Kier molecular flexibility index (Phi) is 4.82. The third-order valence-corrected chi connectivity index (χ3v) is 4.07. The van der Waals surface area contributed by atoms with Crippen molar-refractivity contribution in [1.29, 1.82) is 0 Å². The van der Waals surface area contributed by atoms with E-state index in [0.29, 0.717) is 12.5 Å². The van der Waals surface area contributed by atoms with Crippen molar-refractivity contribution in [3.63, 3.8) is 0 Å². The van der Waals surface area contributed by atoms with Crippen molar-refractivity contribution in [3.8, 4) is 0 Å². The molecule has 1 heterocycles. The van der Waals surface area contributed by atoms with Crippen LogP contribution in [0.2, 0.25) is 0 Å². The maximum Gasteiger partial charge on any atom is 0.0674 e. The molecule has 0 saturated carbocycles. The molecule has 1 aliphatic heterocycles. The number of nitrogens with one attached hydrogen (secondary N) is 1. The number of benzene rings is 1. The lowest BCUT2D eigenvalue weighted by molar-refractivity contribution is 0.0371. The molecule has 0 radical (unpaired) electrons. The van der Waals surface area contributed by atoms with Crippen molar-refractivity contribution >= 4 is 15.9 Å². The number of aliphatic hydroxyl groups is 1. The molecule has 2 nitrogen and oxygen atoms in total. The molecule has 1 aliphatic rings. The van der Waals surface area contributed by atoms with Crippen LogP contribution in [-0.2, 0) is 6.42 Å². The summed E-state index contributed by atoms with van der Waals surface area (Å²) in [7, 11) is 0. The van der Waals surface area contributed by atoms with E-state index in [4.69, 9.17) is 0 Å². The van der Waals surface area contributed by atoms with Crippen molar-refractivity contribution in [2.75, 3.05) is 6.54 Å². The number of hydrogen-bond donors (Lipinski definition) is 2. The molecule has 0 bridgehead atoms. The van der Waals surface area contributed by atoms with Crippen LogP contribution in [-0.4, -0.2) is 23.3 Å². The monoisotopic (exact) mass is 311 g/mol. The molecule has 100 valence electrons. The minimum atomic E-state index is -0.629. The summed E-state index contributed by atoms with van der Waals surface area (Å²) in [6, 6.07) is 8.67. The Balaban J connectivity index is 1.93.